The molecule has 0 amide bonds. The summed E-state index contributed by atoms with van der Waals surface area (Å²) in [5, 5.41) is 10.5. The highest BCUT2D eigenvalue weighted by molar-refractivity contribution is 5.92. The molecule has 0 radical (unpaired) electrons. The topological polar surface area (TPSA) is 69.4 Å². The summed E-state index contributed by atoms with van der Waals surface area (Å²) in [5.74, 6) is -0.193. The van der Waals surface area contributed by atoms with Crippen molar-refractivity contribution in [3.8, 4) is 5.75 Å². The van der Waals surface area contributed by atoms with E-state index in [1.807, 2.05) is 26.0 Å². The van der Waals surface area contributed by atoms with Crippen LogP contribution in [0, 0.1) is 24.0 Å². The molecule has 0 fully saturated rings. The van der Waals surface area contributed by atoms with E-state index in [0.29, 0.717) is 5.56 Å². The quantitative estimate of drug-likeness (QED) is 0.371. The van der Waals surface area contributed by atoms with E-state index in [2.05, 4.69) is 0 Å². The molecule has 0 aliphatic heterocycles. The molecule has 0 heterocycles. The molecule has 102 valence electrons. The van der Waals surface area contributed by atoms with E-state index in [9.17, 15) is 14.9 Å². The van der Waals surface area contributed by atoms with Gasteiger partial charge < -0.3 is 4.74 Å². The number of nitro benzene ring substituents is 1. The number of aryl methyl sites for hydroxylation is 2. The standard InChI is InChI=1S/C15H13NO4/c1-10-3-4-11(2)14(9-10)15(17)20-13-7-5-12(6-8-13)16(18)19/h3-9H,1-2H3. The molecule has 0 atom stereocenters. The summed E-state index contributed by atoms with van der Waals surface area (Å²) in [6, 6.07) is 10.9. The fourth-order valence-corrected chi connectivity index (χ4v) is 1.75. The number of benzene rings is 2. The Morgan fingerprint density at radius 3 is 2.35 bits per heavy atom. The Balaban J connectivity index is 2.19. The molecule has 20 heavy (non-hydrogen) atoms. The lowest BCUT2D eigenvalue weighted by Gasteiger charge is -2.07. The lowest BCUT2D eigenvalue weighted by Crippen LogP contribution is -2.10. The van der Waals surface area contributed by atoms with Crippen molar-refractivity contribution in [1.82, 2.24) is 0 Å². The van der Waals surface area contributed by atoms with E-state index >= 15 is 0 Å². The lowest BCUT2D eigenvalue weighted by molar-refractivity contribution is -0.384. The minimum Gasteiger partial charge on any atom is -0.423 e. The minimum atomic E-state index is -0.504. The van der Waals surface area contributed by atoms with Gasteiger partial charge in [-0.3, -0.25) is 10.1 Å². The molecule has 0 aromatic heterocycles. The van der Waals surface area contributed by atoms with Gasteiger partial charge in [-0.1, -0.05) is 17.7 Å². The SMILES string of the molecule is Cc1ccc(C)c(C(=O)Oc2ccc([N+](=O)[O-])cc2)c1. The molecule has 0 saturated heterocycles. The van der Waals surface area contributed by atoms with Gasteiger partial charge in [0.1, 0.15) is 5.75 Å². The average Bonchev–Trinajstić information content (AvgIpc) is 2.42. The van der Waals surface area contributed by atoms with Crippen molar-refractivity contribution in [2.45, 2.75) is 13.8 Å². The maximum Gasteiger partial charge on any atom is 0.343 e. The first-order valence-electron chi connectivity index (χ1n) is 6.01. The molecule has 2 rings (SSSR count). The molecule has 0 unspecified atom stereocenters. The van der Waals surface area contributed by atoms with Gasteiger partial charge in [0.25, 0.3) is 5.69 Å². The molecule has 0 spiro atoms. The molecule has 0 saturated carbocycles. The Labute approximate surface area is 116 Å². The first kappa shape index (κ1) is 13.7. The molecule has 2 aromatic carbocycles. The highest BCUT2D eigenvalue weighted by Gasteiger charge is 2.13. The van der Waals surface area contributed by atoms with E-state index < -0.39 is 10.9 Å². The third-order valence-electron chi connectivity index (χ3n) is 2.87. The summed E-state index contributed by atoms with van der Waals surface area (Å²) in [4.78, 5) is 22.1. The Bertz CT molecular complexity index is 662. The summed E-state index contributed by atoms with van der Waals surface area (Å²) in [6.45, 7) is 3.72. The maximum atomic E-state index is 12.0. The highest BCUT2D eigenvalue weighted by Crippen LogP contribution is 2.19. The molecular formula is C15H13NO4. The van der Waals surface area contributed by atoms with Crippen molar-refractivity contribution in [3.63, 3.8) is 0 Å². The van der Waals surface area contributed by atoms with Crippen LogP contribution >= 0.6 is 0 Å². The summed E-state index contributed by atoms with van der Waals surface area (Å²) in [6.07, 6.45) is 0. The van der Waals surface area contributed by atoms with E-state index in [0.717, 1.165) is 11.1 Å². The van der Waals surface area contributed by atoms with Crippen LogP contribution in [0.4, 0.5) is 5.69 Å². The number of carbonyl (C=O) groups excluding carboxylic acids is 1. The van der Waals surface area contributed by atoms with Crippen molar-refractivity contribution in [2.75, 3.05) is 0 Å². The number of rotatable bonds is 3. The van der Waals surface area contributed by atoms with E-state index in [-0.39, 0.29) is 11.4 Å². The summed E-state index contributed by atoms with van der Waals surface area (Å²) < 4.78 is 5.21. The first-order valence-corrected chi connectivity index (χ1v) is 6.01. The second-order valence-electron chi connectivity index (χ2n) is 4.46. The summed E-state index contributed by atoms with van der Waals surface area (Å²) in [7, 11) is 0. The van der Waals surface area contributed by atoms with Gasteiger partial charge in [-0.2, -0.15) is 0 Å². The van der Waals surface area contributed by atoms with Crippen LogP contribution in [-0.4, -0.2) is 10.9 Å². The Morgan fingerprint density at radius 2 is 1.75 bits per heavy atom. The molecule has 0 aliphatic rings. The molecule has 0 aliphatic carbocycles. The Kier molecular flexibility index (Phi) is 3.79. The van der Waals surface area contributed by atoms with Crippen LogP contribution in [0.5, 0.6) is 5.75 Å². The van der Waals surface area contributed by atoms with Gasteiger partial charge in [0.05, 0.1) is 10.5 Å². The fourth-order valence-electron chi connectivity index (χ4n) is 1.75. The first-order chi connectivity index (χ1) is 9.47. The number of carbonyl (C=O) groups is 1. The molecular weight excluding hydrogens is 258 g/mol. The number of hydrogen-bond acceptors (Lipinski definition) is 4. The zero-order valence-electron chi connectivity index (χ0n) is 11.1. The van der Waals surface area contributed by atoms with Crippen molar-refractivity contribution in [1.29, 1.82) is 0 Å². The summed E-state index contributed by atoms with van der Waals surface area (Å²) in [5.41, 5.74) is 2.23. The maximum absolute atomic E-state index is 12.0. The Morgan fingerprint density at radius 1 is 1.10 bits per heavy atom. The van der Waals surface area contributed by atoms with E-state index in [1.54, 1.807) is 6.07 Å². The summed E-state index contributed by atoms with van der Waals surface area (Å²) >= 11 is 0. The number of non-ortho nitro benzene ring substituents is 1. The van der Waals surface area contributed by atoms with Crippen LogP contribution in [0.25, 0.3) is 0 Å². The monoisotopic (exact) mass is 271 g/mol. The van der Waals surface area contributed by atoms with Crippen LogP contribution in [0.3, 0.4) is 0 Å². The van der Waals surface area contributed by atoms with Crippen molar-refractivity contribution in [2.24, 2.45) is 0 Å². The lowest BCUT2D eigenvalue weighted by atomic mass is 10.1. The molecule has 0 bridgehead atoms. The minimum absolute atomic E-state index is 0.0449. The Hall–Kier alpha value is -2.69. The predicted molar refractivity (Wildman–Crippen MR) is 74.0 cm³/mol. The zero-order valence-corrected chi connectivity index (χ0v) is 11.1. The van der Waals surface area contributed by atoms with E-state index in [4.69, 9.17) is 4.74 Å². The smallest absolute Gasteiger partial charge is 0.343 e. The third kappa shape index (κ3) is 3.00. The fraction of sp³-hybridized carbons (Fsp3) is 0.133. The van der Waals surface area contributed by atoms with Crippen molar-refractivity contribution in [3.05, 3.63) is 69.3 Å². The van der Waals surface area contributed by atoms with Crippen LogP contribution in [0.15, 0.2) is 42.5 Å². The van der Waals surface area contributed by atoms with Gasteiger partial charge in [0.15, 0.2) is 0 Å². The molecule has 2 aromatic rings. The molecule has 0 N–H and O–H groups in total. The van der Waals surface area contributed by atoms with E-state index in [1.165, 1.54) is 24.3 Å². The molecule has 5 heteroatoms. The molecule has 5 nitrogen and oxygen atoms in total. The highest BCUT2D eigenvalue weighted by atomic mass is 16.6. The predicted octanol–water partition coefficient (Wildman–Crippen LogP) is 3.43. The van der Waals surface area contributed by atoms with Crippen molar-refractivity contribution >= 4 is 11.7 Å². The zero-order chi connectivity index (χ0) is 14.7. The third-order valence-corrected chi connectivity index (χ3v) is 2.87. The van der Waals surface area contributed by atoms with Gasteiger partial charge in [-0.05, 0) is 37.6 Å². The van der Waals surface area contributed by atoms with Crippen molar-refractivity contribution < 1.29 is 14.5 Å². The van der Waals surface area contributed by atoms with Gasteiger partial charge >= 0.3 is 5.97 Å². The number of nitro groups is 1. The van der Waals surface area contributed by atoms with Crippen LogP contribution in [0.1, 0.15) is 21.5 Å². The van der Waals surface area contributed by atoms with Gasteiger partial charge in [0, 0.05) is 12.1 Å². The average molecular weight is 271 g/mol. The second kappa shape index (κ2) is 5.52. The second-order valence-corrected chi connectivity index (χ2v) is 4.46. The largest absolute Gasteiger partial charge is 0.423 e. The normalized spacial score (nSPS) is 10.1. The van der Waals surface area contributed by atoms with Crippen LogP contribution in [0.2, 0.25) is 0 Å². The number of nitrogens with zero attached hydrogens (tertiary/aromatic N) is 1. The van der Waals surface area contributed by atoms with Crippen LogP contribution in [-0.2, 0) is 0 Å². The van der Waals surface area contributed by atoms with Gasteiger partial charge in [-0.25, -0.2) is 4.79 Å². The van der Waals surface area contributed by atoms with Gasteiger partial charge in [0.2, 0.25) is 0 Å². The number of ether oxygens (including phenoxy) is 1. The number of hydrogen-bond donors (Lipinski definition) is 0. The number of esters is 1. The van der Waals surface area contributed by atoms with Crippen LogP contribution < -0.4 is 4.74 Å². The van der Waals surface area contributed by atoms with Gasteiger partial charge in [-0.15, -0.1) is 0 Å².